The van der Waals surface area contributed by atoms with E-state index in [0.717, 1.165) is 17.7 Å². The van der Waals surface area contributed by atoms with E-state index in [9.17, 15) is 27.6 Å². The predicted octanol–water partition coefficient (Wildman–Crippen LogP) is 2.33. The van der Waals surface area contributed by atoms with Crippen molar-refractivity contribution in [2.45, 2.75) is 33.0 Å². The molecule has 0 spiro atoms. The van der Waals surface area contributed by atoms with E-state index in [-0.39, 0.29) is 23.9 Å². The largest absolute Gasteiger partial charge is 0.416 e. The van der Waals surface area contributed by atoms with Gasteiger partial charge < -0.3 is 24.4 Å². The van der Waals surface area contributed by atoms with E-state index < -0.39 is 23.2 Å². The van der Waals surface area contributed by atoms with Gasteiger partial charge in [0.25, 0.3) is 5.56 Å². The number of rotatable bonds is 5. The molecule has 2 aromatic heterocycles. The molecule has 212 valence electrons. The molecule has 1 N–H and O–H groups in total. The zero-order valence-corrected chi connectivity index (χ0v) is 22.0. The van der Waals surface area contributed by atoms with Crippen molar-refractivity contribution >= 4 is 34.5 Å². The number of halogens is 3. The molecule has 0 atom stereocenters. The van der Waals surface area contributed by atoms with Crippen LogP contribution in [0.15, 0.2) is 35.1 Å². The van der Waals surface area contributed by atoms with E-state index in [2.05, 4.69) is 15.4 Å². The van der Waals surface area contributed by atoms with Gasteiger partial charge in [0.2, 0.25) is 17.6 Å². The first kappa shape index (κ1) is 27.4. The molecule has 4 heterocycles. The Hall–Kier alpha value is -4.20. The third-order valence-corrected chi connectivity index (χ3v) is 7.06. The highest BCUT2D eigenvalue weighted by atomic mass is 19.4. The van der Waals surface area contributed by atoms with Crippen molar-refractivity contribution in [1.82, 2.24) is 24.1 Å². The molecular weight excluding hydrogens is 531 g/mol. The van der Waals surface area contributed by atoms with Crippen molar-refractivity contribution in [3.63, 3.8) is 0 Å². The highest BCUT2D eigenvalue weighted by Gasteiger charge is 2.30. The Morgan fingerprint density at radius 3 is 2.40 bits per heavy atom. The van der Waals surface area contributed by atoms with E-state index in [1.54, 1.807) is 16.4 Å². The summed E-state index contributed by atoms with van der Waals surface area (Å²) in [6.07, 6.45) is -2.07. The minimum Gasteiger partial charge on any atom is -0.377 e. The number of carbonyl (C=O) groups excluding carboxylic acids is 2. The van der Waals surface area contributed by atoms with Gasteiger partial charge in [0.1, 0.15) is 12.2 Å². The first-order chi connectivity index (χ1) is 19.0. The van der Waals surface area contributed by atoms with Crippen molar-refractivity contribution < 1.29 is 27.5 Å². The highest BCUT2D eigenvalue weighted by Crippen LogP contribution is 2.30. The Morgan fingerprint density at radius 2 is 1.80 bits per heavy atom. The molecule has 0 aliphatic carbocycles. The zero-order chi connectivity index (χ0) is 28.6. The number of hydrogen-bond donors (Lipinski definition) is 1. The number of nitrogens with zero attached hydrogens (tertiary/aromatic N) is 6. The molecule has 40 heavy (non-hydrogen) atoms. The molecule has 1 saturated heterocycles. The molecule has 0 bridgehead atoms. The van der Waals surface area contributed by atoms with Crippen molar-refractivity contribution in [2.75, 3.05) is 49.6 Å². The van der Waals surface area contributed by atoms with Crippen molar-refractivity contribution in [1.29, 1.82) is 0 Å². The fraction of sp³-hybridized carbons (Fsp3) is 0.423. The summed E-state index contributed by atoms with van der Waals surface area (Å²) in [4.78, 5) is 46.7. The predicted molar refractivity (Wildman–Crippen MR) is 140 cm³/mol. The Morgan fingerprint density at radius 1 is 1.10 bits per heavy atom. The topological polar surface area (TPSA) is 114 Å². The minimum atomic E-state index is -4.49. The molecule has 0 radical (unpaired) electrons. The van der Waals surface area contributed by atoms with Crippen LogP contribution in [-0.4, -0.2) is 75.3 Å². The van der Waals surface area contributed by atoms with Gasteiger partial charge in [-0.25, -0.2) is 0 Å². The van der Waals surface area contributed by atoms with Gasteiger partial charge in [0.15, 0.2) is 5.82 Å². The van der Waals surface area contributed by atoms with Crippen LogP contribution in [0.3, 0.4) is 0 Å². The molecule has 3 aromatic rings. The van der Waals surface area contributed by atoms with Crippen LogP contribution in [-0.2, 0) is 27.0 Å². The van der Waals surface area contributed by atoms with Crippen molar-refractivity contribution in [3.8, 4) is 0 Å². The second-order valence-corrected chi connectivity index (χ2v) is 9.64. The quantitative estimate of drug-likeness (QED) is 0.511. The first-order valence-electron chi connectivity index (χ1n) is 12.8. The summed E-state index contributed by atoms with van der Waals surface area (Å²) in [6.45, 7) is 5.55. The number of benzene rings is 1. The Balaban J connectivity index is 1.51. The van der Waals surface area contributed by atoms with Gasteiger partial charge in [0, 0.05) is 44.5 Å². The number of anilines is 2. The summed E-state index contributed by atoms with van der Waals surface area (Å²) in [7, 11) is 0. The molecule has 14 heteroatoms. The third kappa shape index (κ3) is 5.43. The van der Waals surface area contributed by atoms with Gasteiger partial charge in [0.05, 0.1) is 18.8 Å². The average molecular weight is 560 g/mol. The van der Waals surface area contributed by atoms with E-state index >= 15 is 0 Å². The number of amides is 2. The standard InChI is InChI=1S/C26H28F3N7O4/c1-16-22(34-11-9-33(10-12-34)17(2)37)24(39)36-25(31-23(32-36)18-7-13-40-14-8-18)35(16)15-21(38)30-20-5-3-19(4-6-20)26(27,28)29/h3-7H,8-15H2,1-2H3,(H,30,38). The second-order valence-electron chi connectivity index (χ2n) is 9.64. The smallest absolute Gasteiger partial charge is 0.377 e. The van der Waals surface area contributed by atoms with E-state index in [1.807, 2.05) is 11.0 Å². The molecule has 2 amide bonds. The van der Waals surface area contributed by atoms with Crippen LogP contribution < -0.4 is 15.8 Å². The fourth-order valence-electron chi connectivity index (χ4n) is 4.90. The summed E-state index contributed by atoms with van der Waals surface area (Å²) in [5.74, 6) is -0.0424. The molecular formula is C26H28F3N7O4. The molecule has 0 unspecified atom stereocenters. The Labute approximate surface area is 226 Å². The minimum absolute atomic E-state index is 0.0465. The molecule has 1 aromatic carbocycles. The van der Waals surface area contributed by atoms with Crippen LogP contribution in [0.2, 0.25) is 0 Å². The number of carbonyl (C=O) groups is 2. The lowest BCUT2D eigenvalue weighted by Crippen LogP contribution is -2.50. The number of piperazine rings is 1. The number of hydrogen-bond acceptors (Lipinski definition) is 7. The molecule has 5 rings (SSSR count). The maximum absolute atomic E-state index is 13.7. The number of nitrogens with one attached hydrogen (secondary N) is 1. The number of ether oxygens (including phenoxy) is 1. The van der Waals surface area contributed by atoms with Gasteiger partial charge in [-0.3, -0.25) is 14.4 Å². The van der Waals surface area contributed by atoms with Gasteiger partial charge in [-0.15, -0.1) is 5.10 Å². The van der Waals surface area contributed by atoms with Crippen LogP contribution >= 0.6 is 0 Å². The summed E-state index contributed by atoms with van der Waals surface area (Å²) in [6, 6.07) is 4.15. The van der Waals surface area contributed by atoms with Gasteiger partial charge >= 0.3 is 6.18 Å². The second kappa shape index (κ2) is 10.8. The SMILES string of the molecule is CC(=O)N1CCN(c2c(C)n(CC(=O)Nc3ccc(C(F)(F)F)cc3)c3nc(C4=CCOCC4)nn3c2=O)CC1. The van der Waals surface area contributed by atoms with Crippen LogP contribution in [0.4, 0.5) is 24.5 Å². The number of alkyl halides is 3. The fourth-order valence-corrected chi connectivity index (χ4v) is 4.90. The monoisotopic (exact) mass is 559 g/mol. The molecule has 0 saturated carbocycles. The molecule has 11 nitrogen and oxygen atoms in total. The third-order valence-electron chi connectivity index (χ3n) is 7.06. The van der Waals surface area contributed by atoms with Crippen LogP contribution in [0.25, 0.3) is 11.4 Å². The number of fused-ring (bicyclic) bond motifs is 1. The Kier molecular flexibility index (Phi) is 7.36. The molecule has 1 fully saturated rings. The maximum atomic E-state index is 13.7. The van der Waals surface area contributed by atoms with Crippen LogP contribution in [0, 0.1) is 6.92 Å². The van der Waals surface area contributed by atoms with Crippen molar-refractivity contribution in [3.05, 3.63) is 57.8 Å². The summed E-state index contributed by atoms with van der Waals surface area (Å²) >= 11 is 0. The van der Waals surface area contributed by atoms with Gasteiger partial charge in [-0.1, -0.05) is 6.08 Å². The lowest BCUT2D eigenvalue weighted by Gasteiger charge is -2.36. The van der Waals surface area contributed by atoms with E-state index in [1.165, 1.54) is 23.6 Å². The first-order valence-corrected chi connectivity index (χ1v) is 12.8. The summed E-state index contributed by atoms with van der Waals surface area (Å²) in [5.41, 5.74) is 0.629. The average Bonchev–Trinajstić information content (AvgIpc) is 3.38. The normalized spacial score (nSPS) is 16.3. The zero-order valence-electron chi connectivity index (χ0n) is 22.0. The number of aromatic nitrogens is 4. The molecule has 2 aliphatic heterocycles. The van der Waals surface area contributed by atoms with Crippen molar-refractivity contribution in [2.24, 2.45) is 0 Å². The lowest BCUT2D eigenvalue weighted by molar-refractivity contribution is -0.137. The Bertz CT molecular complexity index is 1530. The van der Waals surface area contributed by atoms with Crippen LogP contribution in [0.1, 0.15) is 30.4 Å². The highest BCUT2D eigenvalue weighted by molar-refractivity contribution is 5.91. The maximum Gasteiger partial charge on any atom is 0.416 e. The van der Waals surface area contributed by atoms with Gasteiger partial charge in [-0.2, -0.15) is 22.7 Å². The lowest BCUT2D eigenvalue weighted by atomic mass is 10.1. The summed E-state index contributed by atoms with van der Waals surface area (Å²) < 4.78 is 46.9. The molecule has 2 aliphatic rings. The summed E-state index contributed by atoms with van der Waals surface area (Å²) in [5, 5.41) is 7.09. The van der Waals surface area contributed by atoms with Gasteiger partial charge in [-0.05, 0) is 43.2 Å². The van der Waals surface area contributed by atoms with E-state index in [4.69, 9.17) is 4.74 Å². The van der Waals surface area contributed by atoms with E-state index in [0.29, 0.717) is 63.0 Å². The van der Waals surface area contributed by atoms with Crippen LogP contribution in [0.5, 0.6) is 0 Å².